The van der Waals surface area contributed by atoms with E-state index in [1.807, 2.05) is 31.2 Å². The largest absolute Gasteiger partial charge is 0.490 e. The molecule has 1 aromatic carbocycles. The molecule has 17 heavy (non-hydrogen) atoms. The van der Waals surface area contributed by atoms with E-state index in [9.17, 15) is 4.79 Å². The predicted octanol–water partition coefficient (Wildman–Crippen LogP) is 1.19. The highest BCUT2D eigenvalue weighted by Gasteiger charge is 2.22. The SMILES string of the molecule is CC(N)c1ccc(OCC2CNC(=O)O2)cc1. The van der Waals surface area contributed by atoms with Crippen LogP contribution in [0.3, 0.4) is 0 Å². The summed E-state index contributed by atoms with van der Waals surface area (Å²) in [5, 5.41) is 2.57. The highest BCUT2D eigenvalue weighted by Crippen LogP contribution is 2.16. The molecule has 2 rings (SSSR count). The third-order valence-corrected chi connectivity index (χ3v) is 2.59. The van der Waals surface area contributed by atoms with Gasteiger partial charge in [0.25, 0.3) is 0 Å². The van der Waals surface area contributed by atoms with Crippen LogP contribution in [0.5, 0.6) is 5.75 Å². The first-order chi connectivity index (χ1) is 8.15. The number of alkyl carbamates (subject to hydrolysis) is 1. The average Bonchev–Trinajstić information content (AvgIpc) is 2.73. The summed E-state index contributed by atoms with van der Waals surface area (Å²) in [5.74, 6) is 0.748. The molecular formula is C12H16N2O3. The molecule has 1 amide bonds. The highest BCUT2D eigenvalue weighted by molar-refractivity contribution is 5.69. The molecule has 1 aromatic rings. The summed E-state index contributed by atoms with van der Waals surface area (Å²) >= 11 is 0. The number of carbonyl (C=O) groups is 1. The molecule has 0 aliphatic carbocycles. The lowest BCUT2D eigenvalue weighted by Gasteiger charge is -2.11. The first-order valence-electron chi connectivity index (χ1n) is 5.58. The first kappa shape index (κ1) is 11.7. The van der Waals surface area contributed by atoms with E-state index in [2.05, 4.69) is 5.32 Å². The second kappa shape index (κ2) is 5.05. The quantitative estimate of drug-likeness (QED) is 0.823. The van der Waals surface area contributed by atoms with Crippen LogP contribution in [-0.4, -0.2) is 25.3 Å². The number of nitrogens with two attached hydrogens (primary N) is 1. The molecule has 3 N–H and O–H groups in total. The Morgan fingerprint density at radius 2 is 2.24 bits per heavy atom. The molecule has 1 heterocycles. The van der Waals surface area contributed by atoms with Gasteiger partial charge in [-0.25, -0.2) is 4.79 Å². The second-order valence-corrected chi connectivity index (χ2v) is 4.08. The number of carbonyl (C=O) groups excluding carboxylic acids is 1. The molecule has 92 valence electrons. The Morgan fingerprint density at radius 3 is 2.76 bits per heavy atom. The fourth-order valence-electron chi connectivity index (χ4n) is 1.58. The molecule has 2 unspecified atom stereocenters. The molecular weight excluding hydrogens is 220 g/mol. The summed E-state index contributed by atoms with van der Waals surface area (Å²) in [4.78, 5) is 10.8. The van der Waals surface area contributed by atoms with Crippen molar-refractivity contribution < 1.29 is 14.3 Å². The minimum absolute atomic E-state index is 0.0176. The zero-order chi connectivity index (χ0) is 12.3. The molecule has 0 aromatic heterocycles. The van der Waals surface area contributed by atoms with Crippen molar-refractivity contribution in [3.05, 3.63) is 29.8 Å². The van der Waals surface area contributed by atoms with Gasteiger partial charge in [0.05, 0.1) is 6.54 Å². The van der Waals surface area contributed by atoms with Gasteiger partial charge in [-0.2, -0.15) is 0 Å². The van der Waals surface area contributed by atoms with Crippen LogP contribution in [0.2, 0.25) is 0 Å². The Labute approximate surface area is 99.9 Å². The van der Waals surface area contributed by atoms with Gasteiger partial charge in [0.2, 0.25) is 0 Å². The van der Waals surface area contributed by atoms with Crippen LogP contribution in [0.1, 0.15) is 18.5 Å². The van der Waals surface area contributed by atoms with Crippen LogP contribution in [0.4, 0.5) is 4.79 Å². The average molecular weight is 236 g/mol. The smallest absolute Gasteiger partial charge is 0.407 e. The number of benzene rings is 1. The summed E-state index contributed by atoms with van der Waals surface area (Å²) in [6.07, 6.45) is -0.596. The maximum absolute atomic E-state index is 10.8. The monoisotopic (exact) mass is 236 g/mol. The van der Waals surface area contributed by atoms with Crippen molar-refractivity contribution in [2.24, 2.45) is 5.73 Å². The maximum atomic E-state index is 10.8. The van der Waals surface area contributed by atoms with Crippen LogP contribution in [0.25, 0.3) is 0 Å². The van der Waals surface area contributed by atoms with Crippen molar-refractivity contribution in [2.75, 3.05) is 13.2 Å². The minimum atomic E-state index is -0.383. The lowest BCUT2D eigenvalue weighted by molar-refractivity contribution is 0.105. The summed E-state index contributed by atoms with van der Waals surface area (Å²) < 4.78 is 10.5. The number of ether oxygens (including phenoxy) is 2. The van der Waals surface area contributed by atoms with E-state index in [0.29, 0.717) is 13.2 Å². The lowest BCUT2D eigenvalue weighted by atomic mass is 10.1. The fraction of sp³-hybridized carbons (Fsp3) is 0.417. The zero-order valence-electron chi connectivity index (χ0n) is 9.68. The summed E-state index contributed by atoms with van der Waals surface area (Å²) in [7, 11) is 0. The van der Waals surface area contributed by atoms with Gasteiger partial charge in [-0.3, -0.25) is 0 Å². The first-order valence-corrected chi connectivity index (χ1v) is 5.58. The summed E-state index contributed by atoms with van der Waals surface area (Å²) in [6.45, 7) is 2.78. The van der Waals surface area contributed by atoms with E-state index in [0.717, 1.165) is 11.3 Å². The molecule has 1 fully saturated rings. The highest BCUT2D eigenvalue weighted by atomic mass is 16.6. The molecule has 0 radical (unpaired) electrons. The van der Waals surface area contributed by atoms with Gasteiger partial charge in [-0.1, -0.05) is 12.1 Å². The Bertz CT molecular complexity index is 389. The normalized spacial score (nSPS) is 20.6. The Kier molecular flexibility index (Phi) is 3.49. The van der Waals surface area contributed by atoms with E-state index in [1.54, 1.807) is 0 Å². The molecule has 5 heteroatoms. The third kappa shape index (κ3) is 3.10. The Hall–Kier alpha value is -1.75. The van der Waals surface area contributed by atoms with Gasteiger partial charge in [-0.05, 0) is 24.6 Å². The second-order valence-electron chi connectivity index (χ2n) is 4.08. The topological polar surface area (TPSA) is 73.6 Å². The lowest BCUT2D eigenvalue weighted by Crippen LogP contribution is -2.21. The zero-order valence-corrected chi connectivity index (χ0v) is 9.68. The van der Waals surface area contributed by atoms with E-state index in [-0.39, 0.29) is 18.2 Å². The van der Waals surface area contributed by atoms with Gasteiger partial charge >= 0.3 is 6.09 Å². The van der Waals surface area contributed by atoms with Crippen LogP contribution in [0.15, 0.2) is 24.3 Å². The number of rotatable bonds is 4. The van der Waals surface area contributed by atoms with E-state index in [1.165, 1.54) is 0 Å². The molecule has 2 atom stereocenters. The van der Waals surface area contributed by atoms with Gasteiger partial charge in [-0.15, -0.1) is 0 Å². The van der Waals surface area contributed by atoms with Crippen LogP contribution >= 0.6 is 0 Å². The van der Waals surface area contributed by atoms with Crippen molar-refractivity contribution in [2.45, 2.75) is 19.1 Å². The summed E-state index contributed by atoms with van der Waals surface area (Å²) in [5.41, 5.74) is 6.81. The van der Waals surface area contributed by atoms with Crippen molar-refractivity contribution >= 4 is 6.09 Å². The molecule has 0 bridgehead atoms. The van der Waals surface area contributed by atoms with Gasteiger partial charge < -0.3 is 20.5 Å². The number of hydrogen-bond acceptors (Lipinski definition) is 4. The van der Waals surface area contributed by atoms with Crippen molar-refractivity contribution in [1.29, 1.82) is 0 Å². The van der Waals surface area contributed by atoms with E-state index < -0.39 is 0 Å². The van der Waals surface area contributed by atoms with Crippen molar-refractivity contribution in [3.8, 4) is 5.75 Å². The predicted molar refractivity (Wildman–Crippen MR) is 62.8 cm³/mol. The van der Waals surface area contributed by atoms with E-state index >= 15 is 0 Å². The van der Waals surface area contributed by atoms with Gasteiger partial charge in [0.15, 0.2) is 6.10 Å². The number of amides is 1. The minimum Gasteiger partial charge on any atom is -0.490 e. The Morgan fingerprint density at radius 1 is 1.53 bits per heavy atom. The molecule has 1 aliphatic heterocycles. The Balaban J connectivity index is 1.85. The third-order valence-electron chi connectivity index (χ3n) is 2.59. The molecule has 0 saturated carbocycles. The maximum Gasteiger partial charge on any atom is 0.407 e. The fourth-order valence-corrected chi connectivity index (χ4v) is 1.58. The van der Waals surface area contributed by atoms with Crippen LogP contribution in [-0.2, 0) is 4.74 Å². The van der Waals surface area contributed by atoms with Gasteiger partial charge in [0.1, 0.15) is 12.4 Å². The number of cyclic esters (lactones) is 1. The number of nitrogens with one attached hydrogen (secondary N) is 1. The van der Waals surface area contributed by atoms with Gasteiger partial charge in [0, 0.05) is 6.04 Å². The van der Waals surface area contributed by atoms with Crippen LogP contribution < -0.4 is 15.8 Å². The molecule has 1 aliphatic rings. The van der Waals surface area contributed by atoms with Crippen LogP contribution in [0, 0.1) is 0 Å². The van der Waals surface area contributed by atoms with Crippen molar-refractivity contribution in [1.82, 2.24) is 5.32 Å². The number of hydrogen-bond donors (Lipinski definition) is 2. The molecule has 5 nitrogen and oxygen atoms in total. The molecule has 1 saturated heterocycles. The van der Waals surface area contributed by atoms with E-state index in [4.69, 9.17) is 15.2 Å². The molecule has 0 spiro atoms. The van der Waals surface area contributed by atoms with Crippen molar-refractivity contribution in [3.63, 3.8) is 0 Å². The summed E-state index contributed by atoms with van der Waals surface area (Å²) in [6, 6.07) is 7.60. The standard InChI is InChI=1S/C12H16N2O3/c1-8(13)9-2-4-10(5-3-9)16-7-11-6-14-12(15)17-11/h2-5,8,11H,6-7,13H2,1H3,(H,14,15).